The molecule has 0 atom stereocenters. The number of carbonyl (C=O) groups is 1. The molecule has 0 aliphatic rings. The van der Waals surface area contributed by atoms with E-state index in [1.165, 1.54) is 11.3 Å². The van der Waals surface area contributed by atoms with Crippen LogP contribution < -0.4 is 14.8 Å². The second kappa shape index (κ2) is 9.80. The van der Waals surface area contributed by atoms with Crippen LogP contribution in [0.2, 0.25) is 0 Å². The summed E-state index contributed by atoms with van der Waals surface area (Å²) in [5.74, 6) is 2.23. The van der Waals surface area contributed by atoms with Crippen molar-refractivity contribution < 1.29 is 18.7 Å². The monoisotopic (exact) mass is 498 g/mol. The molecule has 1 N–H and O–H groups in total. The van der Waals surface area contributed by atoms with Crippen molar-refractivity contribution in [3.05, 3.63) is 87.0 Å². The maximum absolute atomic E-state index is 12.6. The predicted octanol–water partition coefficient (Wildman–Crippen LogP) is 5.68. The van der Waals surface area contributed by atoms with Gasteiger partial charge < -0.3 is 19.2 Å². The number of rotatable bonds is 8. The maximum Gasteiger partial charge on any atom is 0.251 e. The third kappa shape index (κ3) is 5.34. The van der Waals surface area contributed by atoms with E-state index in [1.54, 1.807) is 30.8 Å². The van der Waals surface area contributed by atoms with E-state index in [0.717, 1.165) is 21.5 Å². The Balaban J connectivity index is 1.37. The van der Waals surface area contributed by atoms with Crippen LogP contribution >= 0.6 is 27.3 Å². The molecule has 0 radical (unpaired) electrons. The Hall–Kier alpha value is -3.10. The lowest BCUT2D eigenvalue weighted by Gasteiger charge is -2.11. The minimum atomic E-state index is -0.231. The van der Waals surface area contributed by atoms with Gasteiger partial charge in [0.2, 0.25) is 0 Å². The van der Waals surface area contributed by atoms with Crippen molar-refractivity contribution in [1.29, 1.82) is 0 Å². The summed E-state index contributed by atoms with van der Waals surface area (Å²) >= 11 is 4.93. The number of thiazole rings is 1. The van der Waals surface area contributed by atoms with E-state index in [4.69, 9.17) is 13.9 Å². The highest BCUT2D eigenvalue weighted by Gasteiger charge is 2.13. The summed E-state index contributed by atoms with van der Waals surface area (Å²) in [5, 5.41) is 4.79. The van der Waals surface area contributed by atoms with Gasteiger partial charge in [0.05, 0.1) is 24.9 Å². The van der Waals surface area contributed by atoms with Crippen molar-refractivity contribution in [3.63, 3.8) is 0 Å². The number of aromatic nitrogens is 1. The van der Waals surface area contributed by atoms with E-state index in [-0.39, 0.29) is 12.5 Å². The highest BCUT2D eigenvalue weighted by molar-refractivity contribution is 9.10. The fraction of sp³-hybridized carbons (Fsp3) is 0.130. The minimum absolute atomic E-state index is 0.231. The summed E-state index contributed by atoms with van der Waals surface area (Å²) < 4.78 is 18.0. The maximum atomic E-state index is 12.6. The van der Waals surface area contributed by atoms with Crippen LogP contribution in [0.1, 0.15) is 21.8 Å². The van der Waals surface area contributed by atoms with Gasteiger partial charge in [-0.1, -0.05) is 28.1 Å². The van der Waals surface area contributed by atoms with Crippen molar-refractivity contribution >= 4 is 33.2 Å². The van der Waals surface area contributed by atoms with Gasteiger partial charge in [-0.25, -0.2) is 4.98 Å². The highest BCUT2D eigenvalue weighted by atomic mass is 79.9. The summed E-state index contributed by atoms with van der Waals surface area (Å²) in [6.45, 7) is 0.615. The fourth-order valence-corrected chi connectivity index (χ4v) is 3.71. The number of hydrogen-bond acceptors (Lipinski definition) is 6. The van der Waals surface area contributed by atoms with Crippen molar-refractivity contribution in [2.24, 2.45) is 0 Å². The molecule has 0 spiro atoms. The van der Waals surface area contributed by atoms with Crippen LogP contribution in [0.25, 0.3) is 11.3 Å². The number of nitrogens with zero attached hydrogens (tertiary/aromatic N) is 1. The summed E-state index contributed by atoms with van der Waals surface area (Å²) in [6, 6.07) is 16.7. The van der Waals surface area contributed by atoms with Gasteiger partial charge >= 0.3 is 0 Å². The molecular weight excluding hydrogens is 480 g/mol. The number of halogens is 1. The Morgan fingerprint density at radius 3 is 2.71 bits per heavy atom. The Morgan fingerprint density at radius 2 is 1.97 bits per heavy atom. The SMILES string of the molecule is COc1cc(C(=O)NCc2ccc(-c3ccc(Br)cc3)o2)ccc1OCc1cscn1. The quantitative estimate of drug-likeness (QED) is 0.338. The molecule has 1 amide bonds. The Bertz CT molecular complexity index is 1160. The van der Waals surface area contributed by atoms with Crippen molar-refractivity contribution in [2.45, 2.75) is 13.2 Å². The number of hydrogen-bond donors (Lipinski definition) is 1. The van der Waals surface area contributed by atoms with E-state index in [9.17, 15) is 4.79 Å². The largest absolute Gasteiger partial charge is 0.493 e. The first-order valence-corrected chi connectivity index (χ1v) is 11.2. The summed E-state index contributed by atoms with van der Waals surface area (Å²) in [4.78, 5) is 16.8. The summed E-state index contributed by atoms with van der Waals surface area (Å²) in [5.41, 5.74) is 4.04. The highest BCUT2D eigenvalue weighted by Crippen LogP contribution is 2.29. The van der Waals surface area contributed by atoms with Gasteiger partial charge in [-0.3, -0.25) is 4.79 Å². The molecule has 4 rings (SSSR count). The van der Waals surface area contributed by atoms with E-state index >= 15 is 0 Å². The van der Waals surface area contributed by atoms with Crippen LogP contribution in [0, 0.1) is 0 Å². The second-order valence-corrected chi connectivity index (χ2v) is 8.22. The molecule has 158 valence electrons. The zero-order valence-electron chi connectivity index (χ0n) is 16.6. The molecule has 0 saturated heterocycles. The van der Waals surface area contributed by atoms with Gasteiger partial charge in [0.25, 0.3) is 5.91 Å². The van der Waals surface area contributed by atoms with Gasteiger partial charge in [-0.05, 0) is 42.5 Å². The molecule has 2 heterocycles. The summed E-state index contributed by atoms with van der Waals surface area (Å²) in [6.07, 6.45) is 0. The number of nitrogens with one attached hydrogen (secondary N) is 1. The number of methoxy groups -OCH3 is 1. The summed E-state index contributed by atoms with van der Waals surface area (Å²) in [7, 11) is 1.54. The molecule has 6 nitrogen and oxygen atoms in total. The van der Waals surface area contributed by atoms with Crippen LogP contribution in [-0.2, 0) is 13.2 Å². The molecule has 4 aromatic rings. The average molecular weight is 499 g/mol. The van der Waals surface area contributed by atoms with Crippen LogP contribution in [0.3, 0.4) is 0 Å². The molecule has 2 aromatic heterocycles. The van der Waals surface area contributed by atoms with Crippen LogP contribution in [0.5, 0.6) is 11.5 Å². The predicted molar refractivity (Wildman–Crippen MR) is 122 cm³/mol. The molecule has 0 unspecified atom stereocenters. The third-order valence-electron chi connectivity index (χ3n) is 4.50. The standard InChI is InChI=1S/C23H19BrN2O4S/c1-28-22-10-16(4-8-21(22)29-12-18-13-31-14-26-18)23(27)25-11-19-7-9-20(30-19)15-2-5-17(24)6-3-15/h2-10,13-14H,11-12H2,1H3,(H,25,27). The van der Waals surface area contributed by atoms with Gasteiger partial charge in [0.1, 0.15) is 18.1 Å². The van der Waals surface area contributed by atoms with Crippen LogP contribution in [0.4, 0.5) is 0 Å². The average Bonchev–Trinajstić information content (AvgIpc) is 3.48. The molecule has 0 aliphatic heterocycles. The first-order chi connectivity index (χ1) is 15.1. The van der Waals surface area contributed by atoms with Gasteiger partial charge in [0.15, 0.2) is 11.5 Å². The number of benzene rings is 2. The number of carbonyl (C=O) groups excluding carboxylic acids is 1. The topological polar surface area (TPSA) is 73.6 Å². The van der Waals surface area contributed by atoms with Gasteiger partial charge in [-0.2, -0.15) is 0 Å². The van der Waals surface area contributed by atoms with Crippen LogP contribution in [-0.4, -0.2) is 18.0 Å². The molecule has 8 heteroatoms. The van der Waals surface area contributed by atoms with Crippen molar-refractivity contribution in [1.82, 2.24) is 10.3 Å². The molecule has 0 fully saturated rings. The molecule has 0 aliphatic carbocycles. The number of amides is 1. The number of ether oxygens (including phenoxy) is 2. The van der Waals surface area contributed by atoms with E-state index in [1.807, 2.05) is 41.8 Å². The van der Waals surface area contributed by atoms with E-state index in [0.29, 0.717) is 29.4 Å². The van der Waals surface area contributed by atoms with E-state index < -0.39 is 0 Å². The Kier molecular flexibility index (Phi) is 6.69. The zero-order chi connectivity index (χ0) is 21.6. The van der Waals surface area contributed by atoms with Crippen LogP contribution in [0.15, 0.2) is 74.4 Å². The first-order valence-electron chi connectivity index (χ1n) is 9.43. The lowest BCUT2D eigenvalue weighted by molar-refractivity contribution is 0.0947. The smallest absolute Gasteiger partial charge is 0.251 e. The third-order valence-corrected chi connectivity index (χ3v) is 5.66. The van der Waals surface area contributed by atoms with Crippen molar-refractivity contribution in [3.8, 4) is 22.8 Å². The second-order valence-electron chi connectivity index (χ2n) is 6.59. The molecular formula is C23H19BrN2O4S. The lowest BCUT2D eigenvalue weighted by atomic mass is 10.2. The zero-order valence-corrected chi connectivity index (χ0v) is 19.0. The molecule has 0 saturated carbocycles. The van der Waals surface area contributed by atoms with E-state index in [2.05, 4.69) is 26.2 Å². The number of furan rings is 1. The Morgan fingerprint density at radius 1 is 1.13 bits per heavy atom. The fourth-order valence-electron chi connectivity index (χ4n) is 2.90. The lowest BCUT2D eigenvalue weighted by Crippen LogP contribution is -2.22. The Labute approximate surface area is 192 Å². The molecule has 0 bridgehead atoms. The first kappa shape index (κ1) is 21.1. The normalized spacial score (nSPS) is 10.6. The molecule has 2 aromatic carbocycles. The van der Waals surface area contributed by atoms with Crippen molar-refractivity contribution in [2.75, 3.05) is 7.11 Å². The molecule has 31 heavy (non-hydrogen) atoms. The van der Waals surface area contributed by atoms with Gasteiger partial charge in [0, 0.05) is 21.0 Å². The van der Waals surface area contributed by atoms with Gasteiger partial charge in [-0.15, -0.1) is 11.3 Å². The minimum Gasteiger partial charge on any atom is -0.493 e.